The lowest BCUT2D eigenvalue weighted by Crippen LogP contribution is -2.59. The molecule has 0 saturated carbocycles. The third-order valence-electron chi connectivity index (χ3n) is 3.85. The van der Waals surface area contributed by atoms with Gasteiger partial charge in [0.2, 0.25) is 5.91 Å². The lowest BCUT2D eigenvalue weighted by molar-refractivity contribution is -0.170. The molecule has 0 aliphatic carbocycles. The second kappa shape index (κ2) is 6.44. The Morgan fingerprint density at radius 2 is 2.00 bits per heavy atom. The van der Waals surface area contributed by atoms with E-state index in [9.17, 15) is 14.0 Å². The lowest BCUT2D eigenvalue weighted by Gasteiger charge is -2.40. The third-order valence-corrected chi connectivity index (χ3v) is 3.85. The summed E-state index contributed by atoms with van der Waals surface area (Å²) in [5, 5.41) is 0. The number of morpholine rings is 1. The Kier molecular flexibility index (Phi) is 4.81. The van der Waals surface area contributed by atoms with E-state index in [1.54, 1.807) is 31.0 Å². The first-order valence-electron chi connectivity index (χ1n) is 7.21. The van der Waals surface area contributed by atoms with E-state index in [0.717, 1.165) is 5.56 Å². The van der Waals surface area contributed by atoms with Crippen molar-refractivity contribution in [3.63, 3.8) is 0 Å². The van der Waals surface area contributed by atoms with Gasteiger partial charge in [-0.05, 0) is 24.6 Å². The maximum Gasteiger partial charge on any atom is 0.256 e. The molecule has 1 saturated heterocycles. The van der Waals surface area contributed by atoms with E-state index in [4.69, 9.17) is 4.74 Å². The third kappa shape index (κ3) is 3.62. The summed E-state index contributed by atoms with van der Waals surface area (Å²) in [6, 6.07) is 6.02. The number of rotatable bonds is 3. The van der Waals surface area contributed by atoms with Gasteiger partial charge in [0.05, 0.1) is 13.2 Å². The zero-order valence-electron chi connectivity index (χ0n) is 13.1. The monoisotopic (exact) mass is 308 g/mol. The van der Waals surface area contributed by atoms with E-state index in [1.807, 2.05) is 0 Å². The summed E-state index contributed by atoms with van der Waals surface area (Å²) in [6.45, 7) is 4.63. The van der Waals surface area contributed by atoms with Gasteiger partial charge in [-0.3, -0.25) is 9.59 Å². The zero-order chi connectivity index (χ0) is 16.3. The van der Waals surface area contributed by atoms with E-state index in [2.05, 4.69) is 0 Å². The quantitative estimate of drug-likeness (QED) is 0.848. The predicted molar refractivity (Wildman–Crippen MR) is 79.5 cm³/mol. The normalized spacial score (nSPS) is 21.5. The molecule has 0 aromatic heterocycles. The van der Waals surface area contributed by atoms with Crippen LogP contribution >= 0.6 is 0 Å². The molecule has 1 aliphatic heterocycles. The molecule has 1 aromatic carbocycles. The first-order valence-corrected chi connectivity index (χ1v) is 7.21. The molecule has 0 N–H and O–H groups in total. The Morgan fingerprint density at radius 1 is 1.36 bits per heavy atom. The fourth-order valence-corrected chi connectivity index (χ4v) is 2.61. The molecule has 120 valence electrons. The van der Waals surface area contributed by atoms with Gasteiger partial charge in [-0.2, -0.15) is 0 Å². The minimum absolute atomic E-state index is 0.0662. The molecule has 0 radical (unpaired) electrons. The van der Waals surface area contributed by atoms with Crippen LogP contribution in [-0.2, 0) is 20.9 Å². The first kappa shape index (κ1) is 16.4. The van der Waals surface area contributed by atoms with Gasteiger partial charge in [0, 0.05) is 27.1 Å². The number of carbonyl (C=O) groups excluding carboxylic acids is 2. The molecule has 1 atom stereocenters. The summed E-state index contributed by atoms with van der Waals surface area (Å²) >= 11 is 0. The van der Waals surface area contributed by atoms with Crippen LogP contribution in [0.1, 0.15) is 19.4 Å². The highest BCUT2D eigenvalue weighted by atomic mass is 19.1. The molecule has 6 heteroatoms. The molecule has 22 heavy (non-hydrogen) atoms. The van der Waals surface area contributed by atoms with Crippen molar-refractivity contribution in [2.75, 3.05) is 26.7 Å². The summed E-state index contributed by atoms with van der Waals surface area (Å²) in [7, 11) is 1.67. The second-order valence-corrected chi connectivity index (χ2v) is 5.81. The number of nitrogens with zero attached hydrogens (tertiary/aromatic N) is 2. The molecular formula is C16H21FN2O3. The molecule has 2 rings (SSSR count). The van der Waals surface area contributed by atoms with Crippen LogP contribution in [0, 0.1) is 5.82 Å². The zero-order valence-corrected chi connectivity index (χ0v) is 13.1. The van der Waals surface area contributed by atoms with Gasteiger partial charge >= 0.3 is 0 Å². The van der Waals surface area contributed by atoms with Crippen LogP contribution in [0.4, 0.5) is 4.39 Å². The Labute approximate surface area is 129 Å². The summed E-state index contributed by atoms with van der Waals surface area (Å²) in [5.74, 6) is -0.566. The summed E-state index contributed by atoms with van der Waals surface area (Å²) < 4.78 is 18.6. The van der Waals surface area contributed by atoms with Gasteiger partial charge in [-0.25, -0.2) is 4.39 Å². The van der Waals surface area contributed by atoms with Crippen LogP contribution in [0.3, 0.4) is 0 Å². The van der Waals surface area contributed by atoms with Crippen molar-refractivity contribution in [2.45, 2.75) is 26.0 Å². The fourth-order valence-electron chi connectivity index (χ4n) is 2.61. The molecule has 2 amide bonds. The van der Waals surface area contributed by atoms with E-state index < -0.39 is 5.60 Å². The average molecular weight is 308 g/mol. The number of hydrogen-bond acceptors (Lipinski definition) is 3. The van der Waals surface area contributed by atoms with Gasteiger partial charge in [-0.1, -0.05) is 12.1 Å². The SMILES string of the molecule is CC(=O)N1CCO[C@@](C)(C(=O)N(C)Cc2ccc(F)cc2)C1. The van der Waals surface area contributed by atoms with Gasteiger partial charge in [0.25, 0.3) is 5.91 Å². The van der Waals surface area contributed by atoms with Crippen molar-refractivity contribution in [3.8, 4) is 0 Å². The van der Waals surface area contributed by atoms with E-state index >= 15 is 0 Å². The van der Waals surface area contributed by atoms with Crippen LogP contribution in [0.2, 0.25) is 0 Å². The lowest BCUT2D eigenvalue weighted by atomic mass is 10.0. The smallest absolute Gasteiger partial charge is 0.256 e. The van der Waals surface area contributed by atoms with Gasteiger partial charge < -0.3 is 14.5 Å². The molecule has 0 spiro atoms. The van der Waals surface area contributed by atoms with E-state index in [-0.39, 0.29) is 24.2 Å². The van der Waals surface area contributed by atoms with Crippen molar-refractivity contribution >= 4 is 11.8 Å². The highest BCUT2D eigenvalue weighted by Crippen LogP contribution is 2.21. The number of hydrogen-bond donors (Lipinski definition) is 0. The topological polar surface area (TPSA) is 49.9 Å². The van der Waals surface area contributed by atoms with Crippen molar-refractivity contribution in [3.05, 3.63) is 35.6 Å². The van der Waals surface area contributed by atoms with E-state index in [0.29, 0.717) is 19.7 Å². The van der Waals surface area contributed by atoms with Crippen LogP contribution < -0.4 is 0 Å². The Morgan fingerprint density at radius 3 is 2.59 bits per heavy atom. The molecule has 5 nitrogen and oxygen atoms in total. The fraction of sp³-hybridized carbons (Fsp3) is 0.500. The summed E-state index contributed by atoms with van der Waals surface area (Å²) in [6.07, 6.45) is 0. The molecule has 0 bridgehead atoms. The second-order valence-electron chi connectivity index (χ2n) is 5.81. The minimum Gasteiger partial charge on any atom is -0.362 e. The first-order chi connectivity index (χ1) is 10.3. The Balaban J connectivity index is 2.05. The van der Waals surface area contributed by atoms with Crippen molar-refractivity contribution in [1.82, 2.24) is 9.80 Å². The number of ether oxygens (including phenoxy) is 1. The van der Waals surface area contributed by atoms with Crippen molar-refractivity contribution in [2.24, 2.45) is 0 Å². The highest BCUT2D eigenvalue weighted by molar-refractivity contribution is 5.86. The molecule has 0 unspecified atom stereocenters. The summed E-state index contributed by atoms with van der Waals surface area (Å²) in [5.41, 5.74) is -0.210. The Bertz CT molecular complexity index is 561. The largest absolute Gasteiger partial charge is 0.362 e. The van der Waals surface area contributed by atoms with Crippen LogP contribution in [0.5, 0.6) is 0 Å². The summed E-state index contributed by atoms with van der Waals surface area (Å²) in [4.78, 5) is 27.3. The van der Waals surface area contributed by atoms with Crippen LogP contribution in [-0.4, -0.2) is 54.0 Å². The number of carbonyl (C=O) groups is 2. The highest BCUT2D eigenvalue weighted by Gasteiger charge is 2.41. The Hall–Kier alpha value is -1.95. The average Bonchev–Trinajstić information content (AvgIpc) is 2.48. The standard InChI is InChI=1S/C16H21FN2O3/c1-12(20)19-8-9-22-16(2,11-19)15(21)18(3)10-13-4-6-14(17)7-5-13/h4-7H,8-11H2,1-3H3/t16-/m1/s1. The molecule has 1 aromatic rings. The number of likely N-dealkylation sites (N-methyl/N-ethyl adjacent to an activating group) is 1. The van der Waals surface area contributed by atoms with Gasteiger partial charge in [-0.15, -0.1) is 0 Å². The van der Waals surface area contributed by atoms with E-state index in [1.165, 1.54) is 24.0 Å². The molecular weight excluding hydrogens is 287 g/mol. The van der Waals surface area contributed by atoms with Crippen molar-refractivity contribution in [1.29, 1.82) is 0 Å². The number of amides is 2. The van der Waals surface area contributed by atoms with Gasteiger partial charge in [0.15, 0.2) is 5.60 Å². The molecule has 1 heterocycles. The maximum absolute atomic E-state index is 12.9. The van der Waals surface area contributed by atoms with Crippen LogP contribution in [0.15, 0.2) is 24.3 Å². The predicted octanol–water partition coefficient (Wildman–Crippen LogP) is 1.42. The number of halogens is 1. The maximum atomic E-state index is 12.9. The molecule has 1 fully saturated rings. The van der Waals surface area contributed by atoms with Crippen molar-refractivity contribution < 1.29 is 18.7 Å². The van der Waals surface area contributed by atoms with Gasteiger partial charge in [0.1, 0.15) is 5.82 Å². The molecule has 1 aliphatic rings. The minimum atomic E-state index is -1.04. The number of benzene rings is 1. The van der Waals surface area contributed by atoms with Crippen LogP contribution in [0.25, 0.3) is 0 Å².